The molecule has 2 heterocycles. The predicted octanol–water partition coefficient (Wildman–Crippen LogP) is 3.82. The first kappa shape index (κ1) is 17.9. The van der Waals surface area contributed by atoms with Gasteiger partial charge in [0.05, 0.1) is 11.1 Å². The molecule has 136 valence electrons. The summed E-state index contributed by atoms with van der Waals surface area (Å²) in [6, 6.07) is 14.9. The fourth-order valence-corrected chi connectivity index (χ4v) is 4.31. The van der Waals surface area contributed by atoms with Crippen molar-refractivity contribution in [2.45, 2.75) is 19.3 Å². The van der Waals surface area contributed by atoms with Crippen molar-refractivity contribution in [2.75, 3.05) is 13.1 Å². The number of thiocarbonyl (C=S) groups is 2. The Kier molecular flexibility index (Phi) is 4.85. The number of amides is 2. The SMILES string of the molecule is O=C1c2ccccc2C(=S)N1CCCCCN1C(=O)c2ccccc2C1=S. The summed E-state index contributed by atoms with van der Waals surface area (Å²) in [5.74, 6) is -0.0242. The first-order valence-corrected chi connectivity index (χ1v) is 9.81. The molecule has 0 fully saturated rings. The third-order valence-corrected chi connectivity index (χ3v) is 5.90. The van der Waals surface area contributed by atoms with Crippen molar-refractivity contribution < 1.29 is 9.59 Å². The second kappa shape index (κ2) is 7.29. The second-order valence-corrected chi connectivity index (χ2v) is 7.45. The topological polar surface area (TPSA) is 40.6 Å². The number of rotatable bonds is 6. The third-order valence-electron chi connectivity index (χ3n) is 5.02. The van der Waals surface area contributed by atoms with Crippen molar-refractivity contribution in [1.82, 2.24) is 9.80 Å². The van der Waals surface area contributed by atoms with E-state index in [1.165, 1.54) is 0 Å². The van der Waals surface area contributed by atoms with Gasteiger partial charge in [-0.2, -0.15) is 0 Å². The van der Waals surface area contributed by atoms with E-state index < -0.39 is 0 Å². The maximum absolute atomic E-state index is 12.5. The summed E-state index contributed by atoms with van der Waals surface area (Å²) in [5.41, 5.74) is 3.08. The van der Waals surface area contributed by atoms with E-state index in [2.05, 4.69) is 0 Å². The fraction of sp³-hybridized carbons (Fsp3) is 0.238. The van der Waals surface area contributed by atoms with E-state index >= 15 is 0 Å². The molecule has 4 nitrogen and oxygen atoms in total. The van der Waals surface area contributed by atoms with E-state index in [4.69, 9.17) is 24.4 Å². The van der Waals surface area contributed by atoms with E-state index in [1.54, 1.807) is 9.80 Å². The summed E-state index contributed by atoms with van der Waals surface area (Å²) in [4.78, 5) is 29.5. The number of unbranched alkanes of at least 4 members (excludes halogenated alkanes) is 2. The molecule has 2 aliphatic rings. The van der Waals surface area contributed by atoms with Crippen LogP contribution in [0.5, 0.6) is 0 Å². The third kappa shape index (κ3) is 3.09. The summed E-state index contributed by atoms with van der Waals surface area (Å²) >= 11 is 10.9. The number of carbonyl (C=O) groups excluding carboxylic acids is 2. The maximum atomic E-state index is 12.5. The number of fused-ring (bicyclic) bond motifs is 2. The van der Waals surface area contributed by atoms with Crippen LogP contribution in [0.25, 0.3) is 0 Å². The van der Waals surface area contributed by atoms with Crippen molar-refractivity contribution in [3.63, 3.8) is 0 Å². The zero-order valence-corrected chi connectivity index (χ0v) is 16.3. The highest BCUT2D eigenvalue weighted by molar-refractivity contribution is 7.81. The normalized spacial score (nSPS) is 15.6. The van der Waals surface area contributed by atoms with E-state index in [1.807, 2.05) is 48.5 Å². The minimum Gasteiger partial charge on any atom is -0.298 e. The molecule has 2 aliphatic heterocycles. The van der Waals surface area contributed by atoms with E-state index in [0.717, 1.165) is 30.4 Å². The summed E-state index contributed by atoms with van der Waals surface area (Å²) in [5, 5.41) is 0. The Morgan fingerprint density at radius 3 is 1.33 bits per heavy atom. The molecule has 0 aliphatic carbocycles. The quantitative estimate of drug-likeness (QED) is 0.552. The summed E-state index contributed by atoms with van der Waals surface area (Å²) in [6.45, 7) is 1.20. The van der Waals surface area contributed by atoms with Gasteiger partial charge in [0, 0.05) is 24.2 Å². The lowest BCUT2D eigenvalue weighted by Gasteiger charge is -2.18. The van der Waals surface area contributed by atoms with Crippen molar-refractivity contribution >= 4 is 46.2 Å². The molecule has 27 heavy (non-hydrogen) atoms. The lowest BCUT2D eigenvalue weighted by molar-refractivity contribution is 0.0858. The Hall–Kier alpha value is -2.44. The number of carbonyl (C=O) groups is 2. The average Bonchev–Trinajstić information content (AvgIpc) is 3.08. The largest absolute Gasteiger partial charge is 0.298 e. The van der Waals surface area contributed by atoms with Gasteiger partial charge in [-0.05, 0) is 31.4 Å². The van der Waals surface area contributed by atoms with Gasteiger partial charge in [0.25, 0.3) is 11.8 Å². The maximum Gasteiger partial charge on any atom is 0.259 e. The molecule has 2 aromatic rings. The molecule has 4 rings (SSSR count). The van der Waals surface area contributed by atoms with Gasteiger partial charge in [-0.1, -0.05) is 60.8 Å². The smallest absolute Gasteiger partial charge is 0.259 e. The summed E-state index contributed by atoms with van der Waals surface area (Å²) < 4.78 is 0. The minimum atomic E-state index is -0.0121. The van der Waals surface area contributed by atoms with Crippen LogP contribution in [0.2, 0.25) is 0 Å². The van der Waals surface area contributed by atoms with Crippen molar-refractivity contribution in [2.24, 2.45) is 0 Å². The average molecular weight is 395 g/mol. The molecule has 0 aromatic heterocycles. The molecular weight excluding hydrogens is 376 g/mol. The van der Waals surface area contributed by atoms with E-state index in [9.17, 15) is 9.59 Å². The zero-order chi connectivity index (χ0) is 19.0. The van der Waals surface area contributed by atoms with Crippen LogP contribution < -0.4 is 0 Å². The highest BCUT2D eigenvalue weighted by atomic mass is 32.1. The van der Waals surface area contributed by atoms with Crippen LogP contribution in [0.4, 0.5) is 0 Å². The van der Waals surface area contributed by atoms with Crippen LogP contribution in [0.1, 0.15) is 51.1 Å². The van der Waals surface area contributed by atoms with Crippen LogP contribution in [0.15, 0.2) is 48.5 Å². The van der Waals surface area contributed by atoms with Gasteiger partial charge in [-0.15, -0.1) is 0 Å². The Morgan fingerprint density at radius 2 is 0.963 bits per heavy atom. The Morgan fingerprint density at radius 1 is 0.593 bits per heavy atom. The van der Waals surface area contributed by atoms with Crippen LogP contribution in [0.3, 0.4) is 0 Å². The molecular formula is C21H18N2O2S2. The molecule has 0 radical (unpaired) electrons. The highest BCUT2D eigenvalue weighted by Crippen LogP contribution is 2.25. The number of hydrogen-bond acceptors (Lipinski definition) is 4. The van der Waals surface area contributed by atoms with E-state index in [0.29, 0.717) is 34.2 Å². The van der Waals surface area contributed by atoms with Gasteiger partial charge in [-0.3, -0.25) is 19.4 Å². The number of hydrogen-bond donors (Lipinski definition) is 0. The molecule has 0 spiro atoms. The second-order valence-electron chi connectivity index (χ2n) is 6.68. The Bertz CT molecular complexity index is 823. The minimum absolute atomic E-state index is 0.0121. The van der Waals surface area contributed by atoms with Crippen LogP contribution in [-0.2, 0) is 0 Å². The summed E-state index contributed by atoms with van der Waals surface area (Å²) in [6.07, 6.45) is 2.56. The first-order valence-electron chi connectivity index (χ1n) is 9.00. The first-order chi connectivity index (χ1) is 13.1. The Balaban J connectivity index is 1.28. The van der Waals surface area contributed by atoms with Gasteiger partial charge in [0.15, 0.2) is 0 Å². The summed E-state index contributed by atoms with van der Waals surface area (Å²) in [7, 11) is 0. The molecule has 0 saturated carbocycles. The molecule has 0 atom stereocenters. The van der Waals surface area contributed by atoms with Crippen LogP contribution in [-0.4, -0.2) is 44.7 Å². The number of nitrogens with zero attached hydrogens (tertiary/aromatic N) is 2. The molecule has 2 amide bonds. The predicted molar refractivity (Wildman–Crippen MR) is 112 cm³/mol. The van der Waals surface area contributed by atoms with Crippen LogP contribution >= 0.6 is 24.4 Å². The van der Waals surface area contributed by atoms with Gasteiger partial charge >= 0.3 is 0 Å². The lowest BCUT2D eigenvalue weighted by atomic mass is 10.1. The Labute approximate surface area is 168 Å². The zero-order valence-electron chi connectivity index (χ0n) is 14.7. The van der Waals surface area contributed by atoms with Gasteiger partial charge in [0.1, 0.15) is 9.98 Å². The molecule has 2 aromatic carbocycles. The van der Waals surface area contributed by atoms with Crippen molar-refractivity contribution in [1.29, 1.82) is 0 Å². The molecule has 0 N–H and O–H groups in total. The van der Waals surface area contributed by atoms with E-state index in [-0.39, 0.29) is 11.8 Å². The van der Waals surface area contributed by atoms with Gasteiger partial charge < -0.3 is 0 Å². The standard InChI is InChI=1S/C21H18N2O2S2/c24-18-14-8-2-4-10-16(14)20(26)22(18)12-6-1-7-13-23-19(25)15-9-3-5-11-17(15)21(23)27/h2-5,8-11H,1,6-7,12-13H2. The van der Waals surface area contributed by atoms with Crippen molar-refractivity contribution in [3.05, 3.63) is 70.8 Å². The molecule has 0 unspecified atom stereocenters. The van der Waals surface area contributed by atoms with Gasteiger partial charge in [0.2, 0.25) is 0 Å². The molecule has 0 saturated heterocycles. The monoisotopic (exact) mass is 394 g/mol. The van der Waals surface area contributed by atoms with Crippen LogP contribution in [0, 0.1) is 0 Å². The molecule has 6 heteroatoms. The van der Waals surface area contributed by atoms with Gasteiger partial charge in [-0.25, -0.2) is 0 Å². The lowest BCUT2D eigenvalue weighted by Crippen LogP contribution is -2.31. The van der Waals surface area contributed by atoms with Crippen molar-refractivity contribution in [3.8, 4) is 0 Å². The molecule has 0 bridgehead atoms. The number of benzene rings is 2. The highest BCUT2D eigenvalue weighted by Gasteiger charge is 2.32. The fourth-order valence-electron chi connectivity index (χ4n) is 3.60.